The Kier molecular flexibility index (Phi) is 12.5. The van der Waals surface area contributed by atoms with E-state index in [4.69, 9.17) is 4.74 Å². The fourth-order valence-corrected chi connectivity index (χ4v) is 6.40. The van der Waals surface area contributed by atoms with Gasteiger partial charge in [0, 0.05) is 19.5 Å². The number of carbonyl (C=O) groups excluding carboxylic acids is 2. The van der Waals surface area contributed by atoms with Crippen LogP contribution >= 0.6 is 0 Å². The molecule has 1 atom stereocenters. The van der Waals surface area contributed by atoms with E-state index in [9.17, 15) is 26.8 Å². The molecule has 0 aromatic heterocycles. The van der Waals surface area contributed by atoms with Crippen molar-refractivity contribution in [3.63, 3.8) is 0 Å². The molecule has 0 unspecified atom stereocenters. The van der Waals surface area contributed by atoms with E-state index in [-0.39, 0.29) is 23.5 Å². The Morgan fingerprint density at radius 1 is 0.809 bits per heavy atom. The number of rotatable bonds is 16. The van der Waals surface area contributed by atoms with Gasteiger partial charge in [-0.15, -0.1) is 0 Å². The van der Waals surface area contributed by atoms with Crippen molar-refractivity contribution in [3.05, 3.63) is 126 Å². The molecule has 11 heteroatoms. The van der Waals surface area contributed by atoms with E-state index in [0.717, 1.165) is 47.0 Å². The van der Waals surface area contributed by atoms with E-state index in [2.05, 4.69) is 5.32 Å². The minimum Gasteiger partial charge on any atom is -0.494 e. The molecule has 0 saturated heterocycles. The Bertz CT molecular complexity index is 1700. The Hall–Kier alpha value is -4.77. The van der Waals surface area contributed by atoms with Crippen LogP contribution in [0.3, 0.4) is 0 Å². The predicted octanol–water partition coefficient (Wildman–Crippen LogP) is 6.12. The molecular weight excluding hydrogens is 624 g/mol. The molecule has 0 aliphatic heterocycles. The molecule has 248 valence electrons. The van der Waals surface area contributed by atoms with E-state index in [1.807, 2.05) is 44.2 Å². The smallest absolute Gasteiger partial charge is 0.264 e. The average Bonchev–Trinajstić information content (AvgIpc) is 3.07. The maximum Gasteiger partial charge on any atom is 0.264 e. The van der Waals surface area contributed by atoms with Gasteiger partial charge < -0.3 is 15.0 Å². The number of anilines is 1. The largest absolute Gasteiger partial charge is 0.494 e. The third kappa shape index (κ3) is 9.62. The van der Waals surface area contributed by atoms with Crippen LogP contribution < -0.4 is 14.4 Å². The van der Waals surface area contributed by atoms with Gasteiger partial charge in [0.2, 0.25) is 11.8 Å². The van der Waals surface area contributed by atoms with Gasteiger partial charge in [-0.1, -0.05) is 55.8 Å². The number of amides is 2. The summed E-state index contributed by atoms with van der Waals surface area (Å²) in [7, 11) is -4.40. The highest BCUT2D eigenvalue weighted by Crippen LogP contribution is 2.27. The SMILES string of the molecule is CCCCNC(=O)[C@H](Cc1ccccc1)N(Cc1ccc(F)cc1)C(=O)CN(c1ccc(OCC)cc1)S(=O)(=O)c1ccc(F)cc1. The van der Waals surface area contributed by atoms with E-state index in [0.29, 0.717) is 24.5 Å². The fraction of sp³-hybridized carbons (Fsp3) is 0.278. The van der Waals surface area contributed by atoms with Crippen molar-refractivity contribution in [1.82, 2.24) is 10.2 Å². The lowest BCUT2D eigenvalue weighted by Crippen LogP contribution is -2.53. The molecular formula is C36H39F2N3O5S. The molecule has 0 saturated carbocycles. The molecule has 0 heterocycles. The number of ether oxygens (including phenoxy) is 1. The first-order chi connectivity index (χ1) is 22.6. The second kappa shape index (κ2) is 16.7. The van der Waals surface area contributed by atoms with Crippen LogP contribution in [0.2, 0.25) is 0 Å². The lowest BCUT2D eigenvalue weighted by atomic mass is 10.0. The molecule has 0 bridgehead atoms. The van der Waals surface area contributed by atoms with Gasteiger partial charge in [0.05, 0.1) is 17.2 Å². The van der Waals surface area contributed by atoms with E-state index < -0.39 is 46.1 Å². The number of sulfonamides is 1. The van der Waals surface area contributed by atoms with Gasteiger partial charge in [-0.25, -0.2) is 17.2 Å². The molecule has 2 amide bonds. The quantitative estimate of drug-likeness (QED) is 0.146. The van der Waals surface area contributed by atoms with Gasteiger partial charge in [0.25, 0.3) is 10.0 Å². The minimum atomic E-state index is -4.40. The zero-order valence-electron chi connectivity index (χ0n) is 26.4. The number of benzene rings is 4. The number of halogens is 2. The number of carbonyl (C=O) groups is 2. The molecule has 0 fully saturated rings. The highest BCUT2D eigenvalue weighted by molar-refractivity contribution is 7.92. The molecule has 0 aliphatic carbocycles. The standard InChI is InChI=1S/C36H39F2N3O5S/c1-3-5-23-39-36(43)34(24-27-9-7-6-8-10-27)40(25-28-11-13-29(37)14-12-28)35(42)26-41(31-17-19-32(20-18-31)46-4-2)47(44,45)33-21-15-30(38)16-22-33/h6-22,34H,3-5,23-26H2,1-2H3,(H,39,43)/t34-/m0/s1. The third-order valence-corrected chi connectivity index (χ3v) is 9.27. The van der Waals surface area contributed by atoms with Crippen molar-refractivity contribution in [2.45, 2.75) is 50.6 Å². The summed E-state index contributed by atoms with van der Waals surface area (Å²) >= 11 is 0. The van der Waals surface area contributed by atoms with Gasteiger partial charge in [0.15, 0.2) is 0 Å². The predicted molar refractivity (Wildman–Crippen MR) is 177 cm³/mol. The Morgan fingerprint density at radius 2 is 1.43 bits per heavy atom. The topological polar surface area (TPSA) is 96.0 Å². The molecule has 8 nitrogen and oxygen atoms in total. The number of hydrogen-bond acceptors (Lipinski definition) is 5. The van der Waals surface area contributed by atoms with Crippen molar-refractivity contribution in [3.8, 4) is 5.75 Å². The molecule has 4 rings (SSSR count). The second-order valence-electron chi connectivity index (χ2n) is 10.9. The fourth-order valence-electron chi connectivity index (χ4n) is 4.98. The van der Waals surface area contributed by atoms with Crippen LogP contribution in [-0.4, -0.2) is 50.9 Å². The number of hydrogen-bond donors (Lipinski definition) is 1. The zero-order chi connectivity index (χ0) is 33.8. The minimum absolute atomic E-state index is 0.0917. The maximum atomic E-state index is 14.4. The summed E-state index contributed by atoms with van der Waals surface area (Å²) < 4.78 is 62.2. The van der Waals surface area contributed by atoms with Crippen LogP contribution in [0, 0.1) is 11.6 Å². The highest BCUT2D eigenvalue weighted by atomic mass is 32.2. The summed E-state index contributed by atoms with van der Waals surface area (Å²) in [6, 6.07) is 24.3. The number of unbranched alkanes of at least 4 members (excludes halogenated alkanes) is 1. The maximum absolute atomic E-state index is 14.4. The molecule has 1 N–H and O–H groups in total. The first-order valence-corrected chi connectivity index (χ1v) is 16.9. The van der Waals surface area contributed by atoms with Crippen molar-refractivity contribution < 1.29 is 31.5 Å². The lowest BCUT2D eigenvalue weighted by Gasteiger charge is -2.34. The van der Waals surface area contributed by atoms with Gasteiger partial charge in [-0.2, -0.15) is 0 Å². The van der Waals surface area contributed by atoms with Gasteiger partial charge in [-0.3, -0.25) is 13.9 Å². The van der Waals surface area contributed by atoms with E-state index in [1.54, 1.807) is 12.1 Å². The van der Waals surface area contributed by atoms with Crippen LogP contribution in [0.1, 0.15) is 37.8 Å². The third-order valence-electron chi connectivity index (χ3n) is 7.48. The van der Waals surface area contributed by atoms with Crippen LogP contribution in [-0.2, 0) is 32.6 Å². The Balaban J connectivity index is 1.78. The van der Waals surface area contributed by atoms with E-state index in [1.165, 1.54) is 41.3 Å². The van der Waals surface area contributed by atoms with Crippen LogP contribution in [0.15, 0.2) is 108 Å². The van der Waals surface area contributed by atoms with Gasteiger partial charge in [0.1, 0.15) is 30.0 Å². The van der Waals surface area contributed by atoms with E-state index >= 15 is 0 Å². The van der Waals surface area contributed by atoms with Crippen molar-refractivity contribution in [2.24, 2.45) is 0 Å². The molecule has 0 radical (unpaired) electrons. The number of nitrogens with zero attached hydrogens (tertiary/aromatic N) is 2. The summed E-state index contributed by atoms with van der Waals surface area (Å²) in [5.74, 6) is -1.63. The first kappa shape index (κ1) is 35.1. The van der Waals surface area contributed by atoms with Crippen molar-refractivity contribution in [1.29, 1.82) is 0 Å². The van der Waals surface area contributed by atoms with Crippen molar-refractivity contribution >= 4 is 27.5 Å². The Morgan fingerprint density at radius 3 is 2.02 bits per heavy atom. The average molecular weight is 664 g/mol. The summed E-state index contributed by atoms with van der Waals surface area (Å²) in [5.41, 5.74) is 1.51. The summed E-state index contributed by atoms with van der Waals surface area (Å²) in [4.78, 5) is 29.3. The summed E-state index contributed by atoms with van der Waals surface area (Å²) in [5, 5.41) is 2.92. The molecule has 0 aliphatic rings. The van der Waals surface area contributed by atoms with Crippen LogP contribution in [0.5, 0.6) is 5.75 Å². The molecule has 4 aromatic carbocycles. The number of nitrogens with one attached hydrogen (secondary N) is 1. The summed E-state index contributed by atoms with van der Waals surface area (Å²) in [6.45, 7) is 3.84. The van der Waals surface area contributed by atoms with Crippen LogP contribution in [0.4, 0.5) is 14.5 Å². The zero-order valence-corrected chi connectivity index (χ0v) is 27.3. The van der Waals surface area contributed by atoms with Gasteiger partial charge >= 0.3 is 0 Å². The monoisotopic (exact) mass is 663 g/mol. The van der Waals surface area contributed by atoms with Crippen LogP contribution in [0.25, 0.3) is 0 Å². The lowest BCUT2D eigenvalue weighted by molar-refractivity contribution is -0.140. The molecule has 47 heavy (non-hydrogen) atoms. The van der Waals surface area contributed by atoms with Crippen molar-refractivity contribution in [2.75, 3.05) is 24.0 Å². The normalized spacial score (nSPS) is 11.8. The first-order valence-electron chi connectivity index (χ1n) is 15.5. The molecule has 0 spiro atoms. The summed E-state index contributed by atoms with van der Waals surface area (Å²) in [6.07, 6.45) is 1.73. The highest BCUT2D eigenvalue weighted by Gasteiger charge is 2.34. The Labute approximate surface area is 275 Å². The molecule has 4 aromatic rings. The van der Waals surface area contributed by atoms with Gasteiger partial charge in [-0.05, 0) is 85.1 Å². The second-order valence-corrected chi connectivity index (χ2v) is 12.8.